The van der Waals surface area contributed by atoms with Crippen molar-refractivity contribution in [3.8, 4) is 22.5 Å². The van der Waals surface area contributed by atoms with E-state index < -0.39 is 0 Å². The van der Waals surface area contributed by atoms with Gasteiger partial charge < -0.3 is 24.8 Å². The second-order valence-corrected chi connectivity index (χ2v) is 12.6. The Kier molecular flexibility index (Phi) is 12.1. The van der Waals surface area contributed by atoms with Gasteiger partial charge in [0.15, 0.2) is 0 Å². The summed E-state index contributed by atoms with van der Waals surface area (Å²) in [7, 11) is 0. The fourth-order valence-electron chi connectivity index (χ4n) is 7.82. The second-order valence-electron chi connectivity index (χ2n) is 12.6. The second kappa shape index (κ2) is 14.7. The van der Waals surface area contributed by atoms with Crippen LogP contribution in [0.5, 0.6) is 0 Å². The fraction of sp³-hybridized carbons (Fsp3) is 0.421. The maximum Gasteiger partial charge on any atom is 4.00 e. The van der Waals surface area contributed by atoms with Gasteiger partial charge in [0.05, 0.1) is 0 Å². The van der Waals surface area contributed by atoms with Crippen LogP contribution in [-0.2, 0) is 38.9 Å². The molecule has 0 unspecified atom stereocenters. The monoisotopic (exact) mass is 742 g/mol. The van der Waals surface area contributed by atoms with Crippen molar-refractivity contribution in [2.75, 3.05) is 13.1 Å². The minimum Gasteiger partial charge on any atom is -0.660 e. The SMILES string of the molecule is Cc1cc(C)c(-c2ccc(CN3CCC[C@H]3[C@@H]3CCCN3Cc3ccc(-c4c(C)cc(C)cc4C)[n-]3)[n-]2)c(C)c1.[CH3-].[CH3-].[Hf+4]. The summed E-state index contributed by atoms with van der Waals surface area (Å²) in [5.41, 5.74) is 15.2. The molecule has 2 saturated heterocycles. The first-order valence-electron chi connectivity index (χ1n) is 15.2. The van der Waals surface area contributed by atoms with Gasteiger partial charge in [0.1, 0.15) is 0 Å². The summed E-state index contributed by atoms with van der Waals surface area (Å²) in [6, 6.07) is 19.2. The van der Waals surface area contributed by atoms with Gasteiger partial charge in [0.2, 0.25) is 0 Å². The topological polar surface area (TPSA) is 34.7 Å². The molecule has 226 valence electrons. The maximum atomic E-state index is 5.13. The van der Waals surface area contributed by atoms with Crippen molar-refractivity contribution in [1.29, 1.82) is 0 Å². The van der Waals surface area contributed by atoms with Crippen LogP contribution in [0.25, 0.3) is 22.5 Å². The van der Waals surface area contributed by atoms with E-state index in [1.165, 1.54) is 94.7 Å². The molecule has 4 aromatic rings. The predicted molar refractivity (Wildman–Crippen MR) is 179 cm³/mol. The van der Waals surface area contributed by atoms with Gasteiger partial charge in [-0.3, -0.25) is 9.80 Å². The third-order valence-corrected chi connectivity index (χ3v) is 9.26. The molecule has 0 radical (unpaired) electrons. The minimum absolute atomic E-state index is 0. The van der Waals surface area contributed by atoms with Crippen LogP contribution in [-0.4, -0.2) is 35.0 Å². The summed E-state index contributed by atoms with van der Waals surface area (Å²) in [5, 5.41) is 0. The molecule has 5 heteroatoms. The fourth-order valence-corrected chi connectivity index (χ4v) is 7.82. The Morgan fingerprint density at radius 1 is 0.581 bits per heavy atom. The summed E-state index contributed by atoms with van der Waals surface area (Å²) in [5.74, 6) is 0. The van der Waals surface area contributed by atoms with Crippen LogP contribution in [0.15, 0.2) is 48.5 Å². The van der Waals surface area contributed by atoms with Crippen molar-refractivity contribution in [1.82, 2.24) is 19.8 Å². The van der Waals surface area contributed by atoms with Crippen LogP contribution in [0.3, 0.4) is 0 Å². The van der Waals surface area contributed by atoms with Crippen LogP contribution in [0, 0.1) is 56.4 Å². The molecule has 4 heterocycles. The minimum atomic E-state index is 0. The zero-order chi connectivity index (χ0) is 28.0. The third kappa shape index (κ3) is 7.37. The van der Waals surface area contributed by atoms with Crippen LogP contribution >= 0.6 is 0 Å². The van der Waals surface area contributed by atoms with Gasteiger partial charge in [0, 0.05) is 25.2 Å². The normalized spacial score (nSPS) is 18.7. The summed E-state index contributed by atoms with van der Waals surface area (Å²) in [6.45, 7) is 17.4. The van der Waals surface area contributed by atoms with Crippen molar-refractivity contribution in [3.05, 3.63) is 108 Å². The molecule has 2 aromatic heterocycles. The Balaban J connectivity index is 0.00000169. The van der Waals surface area contributed by atoms with Gasteiger partial charge >= 0.3 is 25.8 Å². The Morgan fingerprint density at radius 2 is 0.930 bits per heavy atom. The van der Waals surface area contributed by atoms with E-state index in [2.05, 4.69) is 99.9 Å². The molecule has 2 aliphatic heterocycles. The zero-order valence-electron chi connectivity index (χ0n) is 27.7. The number of hydrogen-bond donors (Lipinski definition) is 0. The van der Waals surface area contributed by atoms with Crippen molar-refractivity contribution < 1.29 is 25.8 Å². The number of benzene rings is 2. The van der Waals surface area contributed by atoms with Crippen LogP contribution < -0.4 is 9.97 Å². The van der Waals surface area contributed by atoms with E-state index in [0.29, 0.717) is 12.1 Å². The molecule has 2 fully saturated rings. The summed E-state index contributed by atoms with van der Waals surface area (Å²) in [6.07, 6.45) is 5.13. The molecule has 6 rings (SSSR count). The molecule has 4 nitrogen and oxygen atoms in total. The molecular formula is C38H50HfN4. The molecule has 0 N–H and O–H groups in total. The van der Waals surface area contributed by atoms with Crippen LogP contribution in [0.4, 0.5) is 0 Å². The molecule has 2 aliphatic rings. The van der Waals surface area contributed by atoms with E-state index in [-0.39, 0.29) is 40.7 Å². The molecule has 0 spiro atoms. The van der Waals surface area contributed by atoms with Crippen molar-refractivity contribution in [2.45, 2.75) is 92.4 Å². The smallest absolute Gasteiger partial charge is 0.660 e. The molecule has 0 aliphatic carbocycles. The summed E-state index contributed by atoms with van der Waals surface area (Å²) < 4.78 is 0. The molecule has 0 bridgehead atoms. The van der Waals surface area contributed by atoms with Gasteiger partial charge in [-0.05, 0) is 114 Å². The van der Waals surface area contributed by atoms with E-state index in [1.807, 2.05) is 0 Å². The number of likely N-dealkylation sites (tertiary alicyclic amines) is 2. The average Bonchev–Trinajstić information content (AvgIpc) is 3.67. The molecular weight excluding hydrogens is 691 g/mol. The van der Waals surface area contributed by atoms with Gasteiger partial charge in [0.25, 0.3) is 0 Å². The van der Waals surface area contributed by atoms with E-state index in [1.54, 1.807) is 0 Å². The maximum absolute atomic E-state index is 5.13. The number of nitrogens with zero attached hydrogens (tertiary/aromatic N) is 4. The van der Waals surface area contributed by atoms with Crippen molar-refractivity contribution in [2.24, 2.45) is 0 Å². The molecule has 2 aromatic carbocycles. The quantitative estimate of drug-likeness (QED) is 0.141. The van der Waals surface area contributed by atoms with Gasteiger partial charge in [-0.1, -0.05) is 59.7 Å². The van der Waals surface area contributed by atoms with Crippen molar-refractivity contribution >= 4 is 0 Å². The Hall–Kier alpha value is -2.21. The molecule has 0 amide bonds. The number of hydrogen-bond acceptors (Lipinski definition) is 2. The van der Waals surface area contributed by atoms with Gasteiger partial charge in [-0.25, -0.2) is 0 Å². The first-order valence-corrected chi connectivity index (χ1v) is 15.2. The molecule has 2 atom stereocenters. The molecule has 43 heavy (non-hydrogen) atoms. The van der Waals surface area contributed by atoms with Crippen LogP contribution in [0.1, 0.15) is 70.5 Å². The Bertz CT molecular complexity index is 1350. The third-order valence-electron chi connectivity index (χ3n) is 9.26. The molecule has 0 saturated carbocycles. The van der Waals surface area contributed by atoms with Crippen LogP contribution in [0.2, 0.25) is 0 Å². The number of aromatic nitrogens is 2. The number of rotatable bonds is 7. The number of aryl methyl sites for hydroxylation is 6. The van der Waals surface area contributed by atoms with Gasteiger partial charge in [-0.15, -0.1) is 22.8 Å². The zero-order valence-corrected chi connectivity index (χ0v) is 31.3. The standard InChI is InChI=1S/C36H44N4.2CH3.Hf/c1-23-17-25(3)35(26(4)18-23)31-13-11-29(37-31)21-39-15-7-9-33(39)34-10-8-16-40(34)22-30-12-14-32(38-30)36-27(5)19-24(2)20-28(36)6;;;/h11-14,17-20,33-34H,7-10,15-16,21-22H2,1-6H3;2*1H3;/q-2;2*-1;+4/t33-,34-;;;/m0.../s1. The first-order chi connectivity index (χ1) is 19.3. The van der Waals surface area contributed by atoms with Gasteiger partial charge in [-0.2, -0.15) is 0 Å². The Morgan fingerprint density at radius 3 is 1.28 bits per heavy atom. The Labute approximate surface area is 280 Å². The van der Waals surface area contributed by atoms with E-state index in [0.717, 1.165) is 24.5 Å². The van der Waals surface area contributed by atoms with Crippen molar-refractivity contribution in [3.63, 3.8) is 0 Å². The predicted octanol–water partition coefficient (Wildman–Crippen LogP) is 8.31. The summed E-state index contributed by atoms with van der Waals surface area (Å²) >= 11 is 0. The summed E-state index contributed by atoms with van der Waals surface area (Å²) in [4.78, 5) is 15.7. The van der Waals surface area contributed by atoms with E-state index in [9.17, 15) is 0 Å². The average molecular weight is 741 g/mol. The first kappa shape index (κ1) is 35.3. The largest absolute Gasteiger partial charge is 4.00 e. The van der Waals surface area contributed by atoms with E-state index in [4.69, 9.17) is 9.97 Å². The van der Waals surface area contributed by atoms with E-state index >= 15 is 0 Å².